The predicted octanol–water partition coefficient (Wildman–Crippen LogP) is 2.24. The molecule has 0 radical (unpaired) electrons. The second-order valence-electron chi connectivity index (χ2n) is 4.75. The maximum absolute atomic E-state index is 5.92. The van der Waals surface area contributed by atoms with Crippen LogP contribution in [0.2, 0.25) is 0 Å². The average molecular weight is 198 g/mol. The third-order valence-electron chi connectivity index (χ3n) is 3.94. The van der Waals surface area contributed by atoms with Crippen molar-refractivity contribution in [1.82, 2.24) is 4.90 Å². The largest absolute Gasteiger partial charge is 0.330 e. The number of piperidine rings is 1. The fraction of sp³-hybridized carbons (Fsp3) is 1.00. The Morgan fingerprint density at radius 2 is 1.64 bits per heavy atom. The minimum absolute atomic E-state index is 0.386. The normalized spacial score (nSPS) is 19.9. The maximum atomic E-state index is 5.92. The number of hydrogen-bond acceptors (Lipinski definition) is 2. The number of likely N-dealkylation sites (tertiary alicyclic amines) is 1. The van der Waals surface area contributed by atoms with Crippen LogP contribution in [0.4, 0.5) is 0 Å². The summed E-state index contributed by atoms with van der Waals surface area (Å²) in [6.45, 7) is 9.21. The van der Waals surface area contributed by atoms with Gasteiger partial charge in [0.2, 0.25) is 0 Å². The summed E-state index contributed by atoms with van der Waals surface area (Å²) in [6, 6.07) is 0. The molecule has 0 aromatic carbocycles. The standard InChI is InChI=1S/C12H26N2/c1-3-12(4-2,10-13)11-14-8-6-5-7-9-14/h3-11,13H2,1-2H3. The SMILES string of the molecule is CCC(CC)(CN)CN1CCCCC1. The quantitative estimate of drug-likeness (QED) is 0.734. The van der Waals surface area contributed by atoms with Gasteiger partial charge in [0, 0.05) is 6.54 Å². The molecule has 84 valence electrons. The number of nitrogens with two attached hydrogens (primary N) is 1. The van der Waals surface area contributed by atoms with Crippen LogP contribution >= 0.6 is 0 Å². The van der Waals surface area contributed by atoms with Crippen LogP contribution in [-0.2, 0) is 0 Å². The average Bonchev–Trinajstić information content (AvgIpc) is 2.28. The molecule has 1 aliphatic rings. The maximum Gasteiger partial charge on any atom is 0.00499 e. The van der Waals surface area contributed by atoms with E-state index in [0.717, 1.165) is 6.54 Å². The van der Waals surface area contributed by atoms with E-state index in [4.69, 9.17) is 5.73 Å². The monoisotopic (exact) mass is 198 g/mol. The Morgan fingerprint density at radius 3 is 2.07 bits per heavy atom. The molecular weight excluding hydrogens is 172 g/mol. The van der Waals surface area contributed by atoms with E-state index in [1.807, 2.05) is 0 Å². The molecule has 2 heteroatoms. The summed E-state index contributed by atoms with van der Waals surface area (Å²) < 4.78 is 0. The van der Waals surface area contributed by atoms with Crippen molar-refractivity contribution in [2.75, 3.05) is 26.2 Å². The van der Waals surface area contributed by atoms with Crippen LogP contribution in [0.25, 0.3) is 0 Å². The first kappa shape index (κ1) is 12.0. The van der Waals surface area contributed by atoms with Crippen molar-refractivity contribution in [3.05, 3.63) is 0 Å². The molecule has 0 amide bonds. The van der Waals surface area contributed by atoms with Crippen LogP contribution in [0.15, 0.2) is 0 Å². The van der Waals surface area contributed by atoms with E-state index < -0.39 is 0 Å². The highest BCUT2D eigenvalue weighted by Gasteiger charge is 2.27. The summed E-state index contributed by atoms with van der Waals surface area (Å²) in [4.78, 5) is 2.61. The third kappa shape index (κ3) is 2.96. The molecule has 0 saturated carbocycles. The smallest absolute Gasteiger partial charge is 0.00499 e. The molecule has 14 heavy (non-hydrogen) atoms. The fourth-order valence-electron chi connectivity index (χ4n) is 2.42. The summed E-state index contributed by atoms with van der Waals surface area (Å²) >= 11 is 0. The lowest BCUT2D eigenvalue weighted by molar-refractivity contribution is 0.125. The van der Waals surface area contributed by atoms with Gasteiger partial charge < -0.3 is 10.6 Å². The fourth-order valence-corrected chi connectivity index (χ4v) is 2.42. The van der Waals surface area contributed by atoms with Gasteiger partial charge >= 0.3 is 0 Å². The van der Waals surface area contributed by atoms with Gasteiger partial charge in [-0.2, -0.15) is 0 Å². The Bertz CT molecular complexity index is 138. The topological polar surface area (TPSA) is 29.3 Å². The first-order valence-electron chi connectivity index (χ1n) is 6.19. The zero-order valence-corrected chi connectivity index (χ0v) is 9.89. The van der Waals surface area contributed by atoms with Crippen molar-refractivity contribution in [2.24, 2.45) is 11.1 Å². The highest BCUT2D eigenvalue weighted by atomic mass is 15.1. The van der Waals surface area contributed by atoms with Gasteiger partial charge in [-0.05, 0) is 50.7 Å². The Morgan fingerprint density at radius 1 is 1.07 bits per heavy atom. The van der Waals surface area contributed by atoms with E-state index in [1.165, 1.54) is 51.7 Å². The zero-order valence-electron chi connectivity index (χ0n) is 9.89. The number of nitrogens with zero attached hydrogens (tertiary/aromatic N) is 1. The van der Waals surface area contributed by atoms with E-state index in [1.54, 1.807) is 0 Å². The first-order chi connectivity index (χ1) is 6.76. The number of hydrogen-bond donors (Lipinski definition) is 1. The Balaban J connectivity index is 2.44. The minimum atomic E-state index is 0.386. The Hall–Kier alpha value is -0.0800. The molecule has 1 fully saturated rings. The molecule has 1 aliphatic heterocycles. The molecule has 0 aliphatic carbocycles. The Labute approximate surface area is 88.8 Å². The van der Waals surface area contributed by atoms with Gasteiger partial charge in [0.05, 0.1) is 0 Å². The lowest BCUT2D eigenvalue weighted by Gasteiger charge is -2.38. The first-order valence-corrected chi connectivity index (χ1v) is 6.19. The van der Waals surface area contributed by atoms with Crippen molar-refractivity contribution in [1.29, 1.82) is 0 Å². The van der Waals surface area contributed by atoms with Crippen molar-refractivity contribution in [3.63, 3.8) is 0 Å². The summed E-state index contributed by atoms with van der Waals surface area (Å²) in [6.07, 6.45) is 6.62. The van der Waals surface area contributed by atoms with Crippen LogP contribution in [0.3, 0.4) is 0 Å². The van der Waals surface area contributed by atoms with Gasteiger partial charge in [0.15, 0.2) is 0 Å². The van der Waals surface area contributed by atoms with E-state index >= 15 is 0 Å². The molecule has 0 spiro atoms. The minimum Gasteiger partial charge on any atom is -0.330 e. The molecule has 0 bridgehead atoms. The van der Waals surface area contributed by atoms with Gasteiger partial charge in [0.1, 0.15) is 0 Å². The summed E-state index contributed by atoms with van der Waals surface area (Å²) in [7, 11) is 0. The van der Waals surface area contributed by atoms with Crippen LogP contribution in [0, 0.1) is 5.41 Å². The summed E-state index contributed by atoms with van der Waals surface area (Å²) in [5.41, 5.74) is 6.31. The van der Waals surface area contributed by atoms with Gasteiger partial charge in [-0.25, -0.2) is 0 Å². The zero-order chi connectivity index (χ0) is 10.4. The molecule has 1 saturated heterocycles. The second kappa shape index (κ2) is 5.72. The van der Waals surface area contributed by atoms with Crippen LogP contribution in [0.5, 0.6) is 0 Å². The molecule has 1 heterocycles. The van der Waals surface area contributed by atoms with Gasteiger partial charge in [0.25, 0.3) is 0 Å². The molecule has 1 rings (SSSR count). The highest BCUT2D eigenvalue weighted by Crippen LogP contribution is 2.27. The lowest BCUT2D eigenvalue weighted by atomic mass is 9.81. The molecule has 0 aromatic heterocycles. The van der Waals surface area contributed by atoms with Crippen molar-refractivity contribution in [2.45, 2.75) is 46.0 Å². The molecular formula is C12H26N2. The van der Waals surface area contributed by atoms with Gasteiger partial charge in [-0.15, -0.1) is 0 Å². The van der Waals surface area contributed by atoms with Crippen LogP contribution < -0.4 is 5.73 Å². The van der Waals surface area contributed by atoms with Crippen molar-refractivity contribution >= 4 is 0 Å². The molecule has 0 unspecified atom stereocenters. The molecule has 0 atom stereocenters. The van der Waals surface area contributed by atoms with Gasteiger partial charge in [-0.3, -0.25) is 0 Å². The van der Waals surface area contributed by atoms with E-state index in [0.29, 0.717) is 5.41 Å². The second-order valence-corrected chi connectivity index (χ2v) is 4.75. The van der Waals surface area contributed by atoms with E-state index in [9.17, 15) is 0 Å². The van der Waals surface area contributed by atoms with Crippen molar-refractivity contribution < 1.29 is 0 Å². The number of rotatable bonds is 5. The lowest BCUT2D eigenvalue weighted by Crippen LogP contribution is -2.43. The molecule has 0 aromatic rings. The van der Waals surface area contributed by atoms with E-state index in [-0.39, 0.29) is 0 Å². The van der Waals surface area contributed by atoms with Crippen molar-refractivity contribution in [3.8, 4) is 0 Å². The summed E-state index contributed by atoms with van der Waals surface area (Å²) in [5, 5.41) is 0. The molecule has 2 nitrogen and oxygen atoms in total. The van der Waals surface area contributed by atoms with Crippen LogP contribution in [0.1, 0.15) is 46.0 Å². The van der Waals surface area contributed by atoms with Gasteiger partial charge in [-0.1, -0.05) is 20.3 Å². The highest BCUT2D eigenvalue weighted by molar-refractivity contribution is 4.82. The third-order valence-corrected chi connectivity index (χ3v) is 3.94. The predicted molar refractivity (Wildman–Crippen MR) is 62.4 cm³/mol. The molecule has 2 N–H and O–H groups in total. The van der Waals surface area contributed by atoms with E-state index in [2.05, 4.69) is 18.7 Å². The summed E-state index contributed by atoms with van der Waals surface area (Å²) in [5.74, 6) is 0. The van der Waals surface area contributed by atoms with Crippen LogP contribution in [-0.4, -0.2) is 31.1 Å². The Kier molecular flexibility index (Phi) is 4.90.